The summed E-state index contributed by atoms with van der Waals surface area (Å²) in [5.74, 6) is -0.0899. The molecule has 114 valence electrons. The van der Waals surface area contributed by atoms with E-state index in [0.29, 0.717) is 0 Å². The summed E-state index contributed by atoms with van der Waals surface area (Å²) in [7, 11) is 0. The van der Waals surface area contributed by atoms with Crippen LogP contribution in [-0.4, -0.2) is 31.1 Å². The minimum Gasteiger partial charge on any atom is -0.369 e. The van der Waals surface area contributed by atoms with Crippen LogP contribution in [0.5, 0.6) is 0 Å². The number of nitrogens with zero attached hydrogens (tertiary/aromatic N) is 1. The first-order valence-corrected chi connectivity index (χ1v) is 6.50. The number of carbonyl (C=O) groups excluding carboxylic acids is 1. The van der Waals surface area contributed by atoms with Crippen LogP contribution in [0.25, 0.3) is 0 Å². The van der Waals surface area contributed by atoms with Crippen molar-refractivity contribution in [2.24, 2.45) is 5.73 Å². The summed E-state index contributed by atoms with van der Waals surface area (Å²) in [5.41, 5.74) is 6.63. The zero-order valence-corrected chi connectivity index (χ0v) is 13.6. The normalized spacial score (nSPS) is 18.8. The van der Waals surface area contributed by atoms with Crippen molar-refractivity contribution in [2.75, 3.05) is 18.0 Å². The summed E-state index contributed by atoms with van der Waals surface area (Å²) in [6.45, 7) is 3.42. The first kappa shape index (κ1) is 19.3. The molecule has 1 saturated heterocycles. The molecule has 1 aliphatic heterocycles. The predicted molar refractivity (Wildman–Crippen MR) is 88.4 cm³/mol. The van der Waals surface area contributed by atoms with Gasteiger partial charge in [-0.15, -0.1) is 24.8 Å². The Kier molecular flexibility index (Phi) is 8.28. The van der Waals surface area contributed by atoms with Gasteiger partial charge in [0.25, 0.3) is 0 Å². The standard InChI is InChI=1S/C13H18ClN3O.2ClH/c1-9(15)13(18)16-11-5-6-17(8-11)12-4-2-3-10(14)7-12;;/h2-4,7,9,11H,5-6,8,15H2,1H3,(H,16,18);2*1H/t9-,11?;;/m1../s1. The van der Waals surface area contributed by atoms with Gasteiger partial charge in [-0.05, 0) is 31.5 Å². The molecule has 0 aromatic heterocycles. The molecule has 1 aromatic carbocycles. The highest BCUT2D eigenvalue weighted by molar-refractivity contribution is 6.30. The van der Waals surface area contributed by atoms with Crippen LogP contribution in [0.4, 0.5) is 5.69 Å². The van der Waals surface area contributed by atoms with E-state index in [-0.39, 0.29) is 36.8 Å². The number of rotatable bonds is 3. The molecule has 1 amide bonds. The highest BCUT2D eigenvalue weighted by Crippen LogP contribution is 2.23. The van der Waals surface area contributed by atoms with Crippen molar-refractivity contribution in [3.63, 3.8) is 0 Å². The first-order chi connectivity index (χ1) is 8.56. The van der Waals surface area contributed by atoms with Crippen molar-refractivity contribution < 1.29 is 4.79 Å². The van der Waals surface area contributed by atoms with Crippen LogP contribution in [0, 0.1) is 0 Å². The average molecular weight is 341 g/mol. The third kappa shape index (κ3) is 5.02. The molecule has 3 N–H and O–H groups in total. The van der Waals surface area contributed by atoms with Crippen molar-refractivity contribution >= 4 is 48.0 Å². The quantitative estimate of drug-likeness (QED) is 0.887. The second kappa shape index (κ2) is 8.57. The molecular formula is C13H20Cl3N3O. The van der Waals surface area contributed by atoms with Gasteiger partial charge in [-0.3, -0.25) is 4.79 Å². The van der Waals surface area contributed by atoms with Crippen molar-refractivity contribution in [3.8, 4) is 0 Å². The fraction of sp³-hybridized carbons (Fsp3) is 0.462. The zero-order chi connectivity index (χ0) is 13.1. The van der Waals surface area contributed by atoms with Gasteiger partial charge >= 0.3 is 0 Å². The molecule has 0 radical (unpaired) electrons. The minimum absolute atomic E-state index is 0. The number of hydrogen-bond donors (Lipinski definition) is 2. The Morgan fingerprint density at radius 3 is 2.80 bits per heavy atom. The fourth-order valence-corrected chi connectivity index (χ4v) is 2.30. The van der Waals surface area contributed by atoms with E-state index in [1.54, 1.807) is 6.92 Å². The monoisotopic (exact) mass is 339 g/mol. The Labute approximate surface area is 136 Å². The molecule has 4 nitrogen and oxygen atoms in total. The molecule has 1 aromatic rings. The number of anilines is 1. The van der Waals surface area contributed by atoms with E-state index in [1.165, 1.54) is 0 Å². The summed E-state index contributed by atoms with van der Waals surface area (Å²) in [6, 6.07) is 7.48. The van der Waals surface area contributed by atoms with E-state index < -0.39 is 6.04 Å². The molecule has 0 aliphatic carbocycles. The van der Waals surface area contributed by atoms with Crippen LogP contribution < -0.4 is 16.0 Å². The molecule has 2 atom stereocenters. The summed E-state index contributed by atoms with van der Waals surface area (Å²) in [5, 5.41) is 3.69. The van der Waals surface area contributed by atoms with Crippen molar-refractivity contribution in [1.29, 1.82) is 0 Å². The SMILES string of the molecule is C[C@@H](N)C(=O)NC1CCN(c2cccc(Cl)c2)C1.Cl.Cl. The second-order valence-electron chi connectivity index (χ2n) is 4.71. The zero-order valence-electron chi connectivity index (χ0n) is 11.2. The molecule has 2 rings (SSSR count). The summed E-state index contributed by atoms with van der Waals surface area (Å²) < 4.78 is 0. The summed E-state index contributed by atoms with van der Waals surface area (Å²) in [6.07, 6.45) is 0.935. The van der Waals surface area contributed by atoms with Gasteiger partial charge < -0.3 is 16.0 Å². The lowest BCUT2D eigenvalue weighted by molar-refractivity contribution is -0.122. The van der Waals surface area contributed by atoms with Crippen molar-refractivity contribution in [2.45, 2.75) is 25.4 Å². The Balaban J connectivity index is 0.00000180. The molecule has 1 aliphatic rings. The maximum atomic E-state index is 11.5. The first-order valence-electron chi connectivity index (χ1n) is 6.13. The van der Waals surface area contributed by atoms with Crippen molar-refractivity contribution in [1.82, 2.24) is 5.32 Å². The topological polar surface area (TPSA) is 58.4 Å². The Morgan fingerprint density at radius 1 is 1.50 bits per heavy atom. The van der Waals surface area contributed by atoms with E-state index in [2.05, 4.69) is 10.2 Å². The van der Waals surface area contributed by atoms with E-state index in [4.69, 9.17) is 17.3 Å². The Morgan fingerprint density at radius 2 is 2.20 bits per heavy atom. The van der Waals surface area contributed by atoms with Gasteiger partial charge in [0.1, 0.15) is 0 Å². The number of halogens is 3. The van der Waals surface area contributed by atoms with Crippen LogP contribution >= 0.6 is 36.4 Å². The molecule has 1 fully saturated rings. The highest BCUT2D eigenvalue weighted by atomic mass is 35.5. The van der Waals surface area contributed by atoms with Gasteiger partial charge in [0.15, 0.2) is 0 Å². The van der Waals surface area contributed by atoms with Gasteiger partial charge in [-0.2, -0.15) is 0 Å². The number of amides is 1. The number of benzene rings is 1. The Bertz CT molecular complexity index is 443. The summed E-state index contributed by atoms with van der Waals surface area (Å²) >= 11 is 5.97. The lowest BCUT2D eigenvalue weighted by Crippen LogP contribution is -2.44. The van der Waals surface area contributed by atoms with Crippen LogP contribution in [0.15, 0.2) is 24.3 Å². The van der Waals surface area contributed by atoms with Gasteiger partial charge in [0.2, 0.25) is 5.91 Å². The van der Waals surface area contributed by atoms with Gasteiger partial charge in [0, 0.05) is 29.8 Å². The molecule has 1 heterocycles. The number of hydrogen-bond acceptors (Lipinski definition) is 3. The largest absolute Gasteiger partial charge is 0.369 e. The van der Waals surface area contributed by atoms with Crippen LogP contribution in [0.3, 0.4) is 0 Å². The maximum absolute atomic E-state index is 11.5. The molecule has 0 spiro atoms. The molecule has 1 unspecified atom stereocenters. The number of carbonyl (C=O) groups is 1. The smallest absolute Gasteiger partial charge is 0.236 e. The lowest BCUT2D eigenvalue weighted by Gasteiger charge is -2.19. The van der Waals surface area contributed by atoms with E-state index in [0.717, 1.165) is 30.2 Å². The lowest BCUT2D eigenvalue weighted by atomic mass is 10.2. The molecule has 7 heteroatoms. The average Bonchev–Trinajstić information content (AvgIpc) is 2.77. The van der Waals surface area contributed by atoms with Gasteiger partial charge in [-0.25, -0.2) is 0 Å². The highest BCUT2D eigenvalue weighted by Gasteiger charge is 2.24. The molecule has 0 saturated carbocycles. The minimum atomic E-state index is -0.454. The van der Waals surface area contributed by atoms with E-state index >= 15 is 0 Å². The number of nitrogens with one attached hydrogen (secondary N) is 1. The molecular weight excluding hydrogens is 321 g/mol. The maximum Gasteiger partial charge on any atom is 0.236 e. The van der Waals surface area contributed by atoms with Crippen LogP contribution in [0.2, 0.25) is 5.02 Å². The third-order valence-electron chi connectivity index (χ3n) is 3.12. The number of nitrogens with two attached hydrogens (primary N) is 1. The van der Waals surface area contributed by atoms with E-state index in [9.17, 15) is 4.79 Å². The van der Waals surface area contributed by atoms with E-state index in [1.807, 2.05) is 24.3 Å². The fourth-order valence-electron chi connectivity index (χ4n) is 2.12. The molecule has 20 heavy (non-hydrogen) atoms. The molecule has 0 bridgehead atoms. The second-order valence-corrected chi connectivity index (χ2v) is 5.15. The van der Waals surface area contributed by atoms with Crippen molar-refractivity contribution in [3.05, 3.63) is 29.3 Å². The third-order valence-corrected chi connectivity index (χ3v) is 3.36. The summed E-state index contributed by atoms with van der Waals surface area (Å²) in [4.78, 5) is 13.7. The van der Waals surface area contributed by atoms with Gasteiger partial charge in [-0.1, -0.05) is 17.7 Å². The van der Waals surface area contributed by atoms with Crippen LogP contribution in [0.1, 0.15) is 13.3 Å². The van der Waals surface area contributed by atoms with Crippen LogP contribution in [-0.2, 0) is 4.79 Å². The predicted octanol–water partition coefficient (Wildman–Crippen LogP) is 2.23. The van der Waals surface area contributed by atoms with Gasteiger partial charge in [0.05, 0.1) is 6.04 Å². The Hall–Kier alpha value is -0.680.